The van der Waals surface area contributed by atoms with Gasteiger partial charge in [-0.1, -0.05) is 0 Å². The number of nitrogens with one attached hydrogen (secondary N) is 1. The van der Waals surface area contributed by atoms with Crippen LogP contribution in [0.2, 0.25) is 0 Å². The molecule has 0 saturated heterocycles. The van der Waals surface area contributed by atoms with Crippen LogP contribution in [0, 0.1) is 10.1 Å². The number of hydrogen-bond donors (Lipinski definition) is 3. The lowest BCUT2D eigenvalue weighted by Crippen LogP contribution is -2.24. The number of anilines is 2. The standard InChI is InChI=1S/C9H14N4O4/c1-17-5-6(14)4-11-8-3-2-7(13(15)16)9(10)12-8/h2-3,6,14H,4-5H2,1H3,(H3,10,11,12). The monoisotopic (exact) mass is 242 g/mol. The Morgan fingerprint density at radius 2 is 2.41 bits per heavy atom. The smallest absolute Gasteiger partial charge is 0.311 e. The molecule has 0 aliphatic rings. The van der Waals surface area contributed by atoms with Crippen LogP contribution in [0.3, 0.4) is 0 Å². The van der Waals surface area contributed by atoms with E-state index < -0.39 is 11.0 Å². The van der Waals surface area contributed by atoms with E-state index in [-0.39, 0.29) is 24.7 Å². The van der Waals surface area contributed by atoms with Crippen LogP contribution in [0.1, 0.15) is 0 Å². The number of aliphatic hydroxyl groups excluding tert-OH is 1. The number of nitrogens with two attached hydrogens (primary N) is 1. The molecule has 0 aromatic carbocycles. The highest BCUT2D eigenvalue weighted by Gasteiger charge is 2.13. The number of nitrogen functional groups attached to an aromatic ring is 1. The molecule has 0 bridgehead atoms. The molecule has 94 valence electrons. The van der Waals surface area contributed by atoms with Gasteiger partial charge in [-0.3, -0.25) is 10.1 Å². The molecule has 0 aliphatic heterocycles. The zero-order valence-corrected chi connectivity index (χ0v) is 9.29. The lowest BCUT2D eigenvalue weighted by molar-refractivity contribution is -0.384. The molecule has 8 nitrogen and oxygen atoms in total. The second-order valence-electron chi connectivity index (χ2n) is 3.35. The molecule has 4 N–H and O–H groups in total. The van der Waals surface area contributed by atoms with Crippen molar-refractivity contribution in [3.8, 4) is 0 Å². The van der Waals surface area contributed by atoms with Crippen molar-refractivity contribution in [1.29, 1.82) is 0 Å². The third-order valence-corrected chi connectivity index (χ3v) is 1.98. The number of aliphatic hydroxyl groups is 1. The molecule has 0 radical (unpaired) electrons. The average molecular weight is 242 g/mol. The van der Waals surface area contributed by atoms with Gasteiger partial charge in [-0.25, -0.2) is 4.98 Å². The van der Waals surface area contributed by atoms with Crippen LogP contribution in [-0.4, -0.2) is 41.4 Å². The van der Waals surface area contributed by atoms with Gasteiger partial charge in [0.15, 0.2) is 0 Å². The number of nitro groups is 1. The normalized spacial score (nSPS) is 12.1. The Bertz CT molecular complexity index is 399. The maximum Gasteiger partial charge on any atom is 0.311 e. The first-order valence-corrected chi connectivity index (χ1v) is 4.86. The van der Waals surface area contributed by atoms with Crippen LogP contribution in [0.25, 0.3) is 0 Å². The quantitative estimate of drug-likeness (QED) is 0.473. The summed E-state index contributed by atoms with van der Waals surface area (Å²) in [4.78, 5) is 13.7. The zero-order valence-electron chi connectivity index (χ0n) is 9.29. The van der Waals surface area contributed by atoms with Crippen molar-refractivity contribution in [2.45, 2.75) is 6.10 Å². The molecule has 1 unspecified atom stereocenters. The van der Waals surface area contributed by atoms with Gasteiger partial charge in [0.2, 0.25) is 5.82 Å². The topological polar surface area (TPSA) is 124 Å². The van der Waals surface area contributed by atoms with Crippen molar-refractivity contribution < 1.29 is 14.8 Å². The second-order valence-corrected chi connectivity index (χ2v) is 3.35. The molecule has 17 heavy (non-hydrogen) atoms. The number of aromatic nitrogens is 1. The molecule has 0 saturated carbocycles. The fourth-order valence-electron chi connectivity index (χ4n) is 1.19. The highest BCUT2D eigenvalue weighted by atomic mass is 16.6. The van der Waals surface area contributed by atoms with Crippen LogP contribution in [-0.2, 0) is 4.74 Å². The van der Waals surface area contributed by atoms with Crippen LogP contribution in [0.15, 0.2) is 12.1 Å². The number of rotatable bonds is 6. The zero-order chi connectivity index (χ0) is 12.8. The molecule has 1 rings (SSSR count). The fourth-order valence-corrected chi connectivity index (χ4v) is 1.19. The van der Waals surface area contributed by atoms with Crippen molar-refractivity contribution in [3.63, 3.8) is 0 Å². The van der Waals surface area contributed by atoms with Gasteiger partial charge in [0.25, 0.3) is 0 Å². The molecular weight excluding hydrogens is 228 g/mol. The Morgan fingerprint density at radius 3 is 2.94 bits per heavy atom. The summed E-state index contributed by atoms with van der Waals surface area (Å²) in [6.45, 7) is 0.410. The largest absolute Gasteiger partial charge is 0.389 e. The van der Waals surface area contributed by atoms with E-state index in [2.05, 4.69) is 10.3 Å². The van der Waals surface area contributed by atoms with Gasteiger partial charge >= 0.3 is 5.69 Å². The summed E-state index contributed by atoms with van der Waals surface area (Å²) >= 11 is 0. The summed E-state index contributed by atoms with van der Waals surface area (Å²) in [6.07, 6.45) is -0.682. The minimum Gasteiger partial charge on any atom is -0.389 e. The number of pyridine rings is 1. The Hall–Kier alpha value is -1.93. The molecule has 0 fully saturated rings. The van der Waals surface area contributed by atoms with Crippen LogP contribution in [0.5, 0.6) is 0 Å². The van der Waals surface area contributed by atoms with Crippen molar-refractivity contribution in [2.24, 2.45) is 0 Å². The first kappa shape index (κ1) is 13.1. The summed E-state index contributed by atoms with van der Waals surface area (Å²) in [5.41, 5.74) is 5.16. The molecule has 1 atom stereocenters. The molecule has 0 aliphatic carbocycles. The Balaban J connectivity index is 2.62. The Kier molecular flexibility index (Phi) is 4.61. The van der Waals surface area contributed by atoms with Crippen LogP contribution in [0.4, 0.5) is 17.3 Å². The molecule has 1 heterocycles. The molecular formula is C9H14N4O4. The van der Waals surface area contributed by atoms with Crippen molar-refractivity contribution in [3.05, 3.63) is 22.2 Å². The van der Waals surface area contributed by atoms with Crippen molar-refractivity contribution >= 4 is 17.3 Å². The number of nitrogens with zero attached hydrogens (tertiary/aromatic N) is 2. The van der Waals surface area contributed by atoms with E-state index in [0.29, 0.717) is 5.82 Å². The van der Waals surface area contributed by atoms with E-state index in [4.69, 9.17) is 10.5 Å². The third kappa shape index (κ3) is 3.85. The third-order valence-electron chi connectivity index (χ3n) is 1.98. The van der Waals surface area contributed by atoms with Gasteiger partial charge < -0.3 is 20.9 Å². The predicted molar refractivity (Wildman–Crippen MR) is 61.7 cm³/mol. The van der Waals surface area contributed by atoms with E-state index in [1.165, 1.54) is 19.2 Å². The first-order chi connectivity index (χ1) is 8.04. The Labute approximate surface area is 97.6 Å². The lowest BCUT2D eigenvalue weighted by Gasteiger charge is -2.11. The summed E-state index contributed by atoms with van der Waals surface area (Å²) in [5, 5.41) is 22.7. The number of methoxy groups -OCH3 is 1. The minimum absolute atomic E-state index is 0.166. The number of ether oxygens (including phenoxy) is 1. The maximum absolute atomic E-state index is 10.5. The van der Waals surface area contributed by atoms with E-state index in [9.17, 15) is 15.2 Å². The highest BCUT2D eigenvalue weighted by molar-refractivity contribution is 5.57. The first-order valence-electron chi connectivity index (χ1n) is 4.86. The SMILES string of the molecule is COCC(O)CNc1ccc([N+](=O)[O-])c(N)n1. The van der Waals surface area contributed by atoms with E-state index >= 15 is 0 Å². The van der Waals surface area contributed by atoms with Crippen molar-refractivity contribution in [2.75, 3.05) is 31.3 Å². The van der Waals surface area contributed by atoms with Crippen molar-refractivity contribution in [1.82, 2.24) is 4.98 Å². The fraction of sp³-hybridized carbons (Fsp3) is 0.444. The molecule has 1 aromatic rings. The minimum atomic E-state index is -0.682. The molecule has 0 amide bonds. The van der Waals surface area contributed by atoms with Gasteiger partial charge in [-0.05, 0) is 6.07 Å². The van der Waals surface area contributed by atoms with Crippen LogP contribution < -0.4 is 11.1 Å². The molecule has 0 spiro atoms. The van der Waals surface area contributed by atoms with Gasteiger partial charge in [-0.2, -0.15) is 0 Å². The van der Waals surface area contributed by atoms with E-state index in [0.717, 1.165) is 0 Å². The Morgan fingerprint density at radius 1 is 1.71 bits per heavy atom. The molecule has 8 heteroatoms. The maximum atomic E-state index is 10.5. The van der Waals surface area contributed by atoms with Crippen LogP contribution >= 0.6 is 0 Å². The van der Waals surface area contributed by atoms with Gasteiger partial charge in [0.05, 0.1) is 17.6 Å². The summed E-state index contributed by atoms with van der Waals surface area (Å²) in [5.74, 6) is 0.199. The average Bonchev–Trinajstić information content (AvgIpc) is 2.26. The predicted octanol–water partition coefficient (Wildman–Crippen LogP) is -0.00880. The lowest BCUT2D eigenvalue weighted by atomic mass is 10.3. The summed E-state index contributed by atoms with van der Waals surface area (Å²) < 4.78 is 4.74. The summed E-state index contributed by atoms with van der Waals surface area (Å²) in [6, 6.07) is 2.68. The second kappa shape index (κ2) is 5.97. The number of hydrogen-bond acceptors (Lipinski definition) is 7. The van der Waals surface area contributed by atoms with Gasteiger partial charge in [-0.15, -0.1) is 0 Å². The summed E-state index contributed by atoms with van der Waals surface area (Å²) in [7, 11) is 1.48. The molecule has 1 aromatic heterocycles. The highest BCUT2D eigenvalue weighted by Crippen LogP contribution is 2.20. The van der Waals surface area contributed by atoms with Gasteiger partial charge in [0, 0.05) is 19.7 Å². The van der Waals surface area contributed by atoms with Gasteiger partial charge in [0.1, 0.15) is 5.82 Å². The van der Waals surface area contributed by atoms with E-state index in [1.807, 2.05) is 0 Å². The van der Waals surface area contributed by atoms with E-state index in [1.54, 1.807) is 0 Å².